The lowest BCUT2D eigenvalue weighted by atomic mass is 10.2. The maximum absolute atomic E-state index is 12.1. The predicted molar refractivity (Wildman–Crippen MR) is 88.8 cm³/mol. The van der Waals surface area contributed by atoms with E-state index in [9.17, 15) is 9.59 Å². The zero-order valence-electron chi connectivity index (χ0n) is 12.3. The Morgan fingerprint density at radius 3 is 2.04 bits per heavy atom. The highest BCUT2D eigenvalue weighted by Crippen LogP contribution is 2.30. The third-order valence-electron chi connectivity index (χ3n) is 3.22. The molecule has 3 rings (SSSR count). The molecule has 0 unspecified atom stereocenters. The molecule has 0 spiro atoms. The summed E-state index contributed by atoms with van der Waals surface area (Å²) in [6.07, 6.45) is 0. The van der Waals surface area contributed by atoms with Crippen molar-refractivity contribution < 1.29 is 19.1 Å². The van der Waals surface area contributed by atoms with Gasteiger partial charge in [0.2, 0.25) is 0 Å². The van der Waals surface area contributed by atoms with E-state index in [0.29, 0.717) is 40.3 Å². The number of hydrogen-bond donors (Lipinski definition) is 2. The maximum atomic E-state index is 12.1. The van der Waals surface area contributed by atoms with Crippen LogP contribution in [-0.2, 0) is 0 Å². The average Bonchev–Trinajstić information content (AvgIpc) is 2.58. The molecule has 1 aliphatic rings. The molecule has 0 aromatic heterocycles. The molecule has 1 aliphatic heterocycles. The predicted octanol–water partition coefficient (Wildman–Crippen LogP) is 2.84. The third-order valence-corrected chi connectivity index (χ3v) is 3.66. The van der Waals surface area contributed by atoms with Crippen molar-refractivity contribution in [3.63, 3.8) is 0 Å². The monoisotopic (exact) mass is 366 g/mol. The highest BCUT2D eigenvalue weighted by molar-refractivity contribution is 6.35. The second-order valence-electron chi connectivity index (χ2n) is 4.92. The van der Waals surface area contributed by atoms with Gasteiger partial charge >= 0.3 is 0 Å². The fraction of sp³-hybridized carbons (Fsp3) is 0.125. The molecule has 0 radical (unpaired) electrons. The number of amides is 2. The highest BCUT2D eigenvalue weighted by Gasteiger charge is 2.16. The molecule has 8 heteroatoms. The number of fused-ring (bicyclic) bond motifs is 1. The number of carbonyl (C=O) groups is 2. The van der Waals surface area contributed by atoms with E-state index in [0.717, 1.165) is 0 Å². The summed E-state index contributed by atoms with van der Waals surface area (Å²) in [7, 11) is 0. The first-order valence-electron chi connectivity index (χ1n) is 6.99. The number of hydrazine groups is 1. The van der Waals surface area contributed by atoms with Gasteiger partial charge < -0.3 is 9.47 Å². The molecule has 6 nitrogen and oxygen atoms in total. The summed E-state index contributed by atoms with van der Waals surface area (Å²) < 4.78 is 10.8. The second kappa shape index (κ2) is 6.98. The molecule has 0 bridgehead atoms. The van der Waals surface area contributed by atoms with Gasteiger partial charge in [-0.05, 0) is 36.4 Å². The molecule has 0 aliphatic carbocycles. The van der Waals surface area contributed by atoms with Crippen molar-refractivity contribution in [2.75, 3.05) is 13.2 Å². The van der Waals surface area contributed by atoms with Gasteiger partial charge in [0.05, 0.1) is 0 Å². The van der Waals surface area contributed by atoms with E-state index in [4.69, 9.17) is 32.7 Å². The highest BCUT2D eigenvalue weighted by atomic mass is 35.5. The first-order chi connectivity index (χ1) is 11.5. The number of carbonyl (C=O) groups excluding carboxylic acids is 2. The smallest absolute Gasteiger partial charge is 0.269 e. The largest absolute Gasteiger partial charge is 0.486 e. The fourth-order valence-corrected chi connectivity index (χ4v) is 2.65. The van der Waals surface area contributed by atoms with Crippen molar-refractivity contribution >= 4 is 35.0 Å². The molecular formula is C16H12Cl2N2O4. The van der Waals surface area contributed by atoms with Crippen LogP contribution in [0.25, 0.3) is 0 Å². The van der Waals surface area contributed by atoms with Crippen molar-refractivity contribution in [2.24, 2.45) is 0 Å². The minimum absolute atomic E-state index is 0.231. The number of hydrogen-bond acceptors (Lipinski definition) is 4. The number of ether oxygens (including phenoxy) is 2. The van der Waals surface area contributed by atoms with E-state index in [1.165, 1.54) is 18.2 Å². The molecule has 1 heterocycles. The van der Waals surface area contributed by atoms with Crippen LogP contribution in [0.3, 0.4) is 0 Å². The van der Waals surface area contributed by atoms with Crippen LogP contribution >= 0.6 is 23.2 Å². The van der Waals surface area contributed by atoms with Crippen LogP contribution in [0.4, 0.5) is 0 Å². The molecule has 24 heavy (non-hydrogen) atoms. The van der Waals surface area contributed by atoms with Crippen molar-refractivity contribution in [1.29, 1.82) is 0 Å². The lowest BCUT2D eigenvalue weighted by molar-refractivity contribution is 0.0846. The second-order valence-corrected chi connectivity index (χ2v) is 5.80. The SMILES string of the molecule is O=C(NNC(=O)c1ccc2c(c1)OCCO2)c1cc(Cl)cc(Cl)c1. The zero-order chi connectivity index (χ0) is 17.1. The number of benzene rings is 2. The Balaban J connectivity index is 1.66. The molecule has 2 amide bonds. The van der Waals surface area contributed by atoms with Gasteiger partial charge in [-0.15, -0.1) is 0 Å². The molecule has 0 atom stereocenters. The first-order valence-corrected chi connectivity index (χ1v) is 7.75. The fourth-order valence-electron chi connectivity index (χ4n) is 2.13. The lowest BCUT2D eigenvalue weighted by Gasteiger charge is -2.18. The van der Waals surface area contributed by atoms with Gasteiger partial charge in [0, 0.05) is 21.2 Å². The number of rotatable bonds is 2. The molecule has 2 aromatic rings. The van der Waals surface area contributed by atoms with Crippen LogP contribution < -0.4 is 20.3 Å². The summed E-state index contributed by atoms with van der Waals surface area (Å²) in [5, 5.41) is 0.650. The molecule has 124 valence electrons. The lowest BCUT2D eigenvalue weighted by Crippen LogP contribution is -2.41. The summed E-state index contributed by atoms with van der Waals surface area (Å²) in [5.41, 5.74) is 5.18. The minimum Gasteiger partial charge on any atom is -0.486 e. The Bertz CT molecular complexity index is 790. The van der Waals surface area contributed by atoms with Crippen LogP contribution in [0.2, 0.25) is 10.0 Å². The normalized spacial score (nSPS) is 12.4. The van der Waals surface area contributed by atoms with Gasteiger partial charge in [-0.2, -0.15) is 0 Å². The van der Waals surface area contributed by atoms with Crippen molar-refractivity contribution in [3.8, 4) is 11.5 Å². The van der Waals surface area contributed by atoms with Gasteiger partial charge in [0.25, 0.3) is 11.8 Å². The standard InChI is InChI=1S/C16H12Cl2N2O4/c17-11-5-10(6-12(18)8-11)16(22)20-19-15(21)9-1-2-13-14(7-9)24-4-3-23-13/h1-2,5-8H,3-4H2,(H,19,21)(H,20,22). The molecule has 0 fully saturated rings. The average molecular weight is 367 g/mol. The molecular weight excluding hydrogens is 355 g/mol. The Kier molecular flexibility index (Phi) is 4.78. The summed E-state index contributed by atoms with van der Waals surface area (Å²) in [5.74, 6) is 0.0380. The Hall–Kier alpha value is -2.44. The maximum Gasteiger partial charge on any atom is 0.269 e. The van der Waals surface area contributed by atoms with Crippen LogP contribution in [0.5, 0.6) is 11.5 Å². The summed E-state index contributed by atoms with van der Waals surface area (Å²) >= 11 is 11.7. The van der Waals surface area contributed by atoms with Crippen molar-refractivity contribution in [3.05, 3.63) is 57.6 Å². The van der Waals surface area contributed by atoms with Crippen LogP contribution in [0.1, 0.15) is 20.7 Å². The van der Waals surface area contributed by atoms with Gasteiger partial charge in [0.15, 0.2) is 11.5 Å². The third kappa shape index (κ3) is 3.72. The van der Waals surface area contributed by atoms with E-state index in [1.807, 2.05) is 0 Å². The quantitative estimate of drug-likeness (QED) is 0.801. The summed E-state index contributed by atoms with van der Waals surface area (Å²) in [6.45, 7) is 0.890. The summed E-state index contributed by atoms with van der Waals surface area (Å²) in [6, 6.07) is 9.16. The van der Waals surface area contributed by atoms with Crippen LogP contribution in [0.15, 0.2) is 36.4 Å². The van der Waals surface area contributed by atoms with E-state index >= 15 is 0 Å². The summed E-state index contributed by atoms with van der Waals surface area (Å²) in [4.78, 5) is 24.2. The molecule has 0 saturated heterocycles. The topological polar surface area (TPSA) is 76.7 Å². The minimum atomic E-state index is -0.537. The Labute approximate surface area is 147 Å². The van der Waals surface area contributed by atoms with Gasteiger partial charge in [-0.1, -0.05) is 23.2 Å². The van der Waals surface area contributed by atoms with Gasteiger partial charge in [-0.25, -0.2) is 0 Å². The Morgan fingerprint density at radius 1 is 0.792 bits per heavy atom. The van der Waals surface area contributed by atoms with Gasteiger partial charge in [-0.3, -0.25) is 20.4 Å². The van der Waals surface area contributed by atoms with Gasteiger partial charge in [0.1, 0.15) is 13.2 Å². The van der Waals surface area contributed by atoms with Crippen LogP contribution in [-0.4, -0.2) is 25.0 Å². The Morgan fingerprint density at radius 2 is 1.38 bits per heavy atom. The molecule has 2 N–H and O–H groups in total. The van der Waals surface area contributed by atoms with Crippen LogP contribution in [0, 0.1) is 0 Å². The first kappa shape index (κ1) is 16.4. The molecule has 0 saturated carbocycles. The number of halogens is 2. The van der Waals surface area contributed by atoms with Crippen molar-refractivity contribution in [2.45, 2.75) is 0 Å². The van der Waals surface area contributed by atoms with E-state index < -0.39 is 11.8 Å². The van der Waals surface area contributed by atoms with E-state index in [2.05, 4.69) is 10.9 Å². The van der Waals surface area contributed by atoms with Crippen molar-refractivity contribution in [1.82, 2.24) is 10.9 Å². The number of nitrogens with one attached hydrogen (secondary N) is 2. The van der Waals surface area contributed by atoms with E-state index in [1.54, 1.807) is 18.2 Å². The molecule has 2 aromatic carbocycles. The van der Waals surface area contributed by atoms with E-state index in [-0.39, 0.29) is 5.56 Å². The zero-order valence-corrected chi connectivity index (χ0v) is 13.8.